The van der Waals surface area contributed by atoms with Crippen LogP contribution in [0.15, 0.2) is 52.3 Å². The zero-order valence-corrected chi connectivity index (χ0v) is 18.3. The average molecular weight is 496 g/mol. The van der Waals surface area contributed by atoms with E-state index in [4.69, 9.17) is 10.00 Å². The number of halogens is 3. The normalized spacial score (nSPS) is 21.5. The fraction of sp³-hybridized carbons (Fsp3) is 0.381. The molecule has 13 heteroatoms. The molecular weight excluding hydrogens is 477 g/mol. The van der Waals surface area contributed by atoms with Crippen LogP contribution in [0.3, 0.4) is 0 Å². The van der Waals surface area contributed by atoms with Gasteiger partial charge in [0, 0.05) is 30.9 Å². The Bertz CT molecular complexity index is 1330. The third-order valence-corrected chi connectivity index (χ3v) is 7.93. The molecule has 1 aliphatic heterocycles. The zero-order chi connectivity index (χ0) is 24.7. The van der Waals surface area contributed by atoms with Crippen LogP contribution in [0.2, 0.25) is 0 Å². The molecule has 0 radical (unpaired) electrons. The van der Waals surface area contributed by atoms with Crippen molar-refractivity contribution in [1.29, 1.82) is 5.26 Å². The Balaban J connectivity index is 1.57. The van der Waals surface area contributed by atoms with E-state index in [1.807, 2.05) is 6.07 Å². The maximum absolute atomic E-state index is 13.8. The van der Waals surface area contributed by atoms with Gasteiger partial charge in [0.15, 0.2) is 16.1 Å². The molecular formula is C21H19F3N4O5S. The Morgan fingerprint density at radius 2 is 2.00 bits per heavy atom. The summed E-state index contributed by atoms with van der Waals surface area (Å²) >= 11 is 0. The molecule has 34 heavy (non-hydrogen) atoms. The molecule has 2 N–H and O–H groups in total. The first-order chi connectivity index (χ1) is 15.9. The van der Waals surface area contributed by atoms with E-state index in [2.05, 4.69) is 10.6 Å². The Labute approximate surface area is 192 Å². The molecule has 2 fully saturated rings. The summed E-state index contributed by atoms with van der Waals surface area (Å²) < 4.78 is 73.8. The second-order valence-corrected chi connectivity index (χ2v) is 10.3. The molecule has 1 aromatic carbocycles. The van der Waals surface area contributed by atoms with Crippen LogP contribution in [-0.2, 0) is 20.8 Å². The molecule has 1 amide bonds. The van der Waals surface area contributed by atoms with Gasteiger partial charge in [-0.05, 0) is 37.1 Å². The lowest BCUT2D eigenvalue weighted by Gasteiger charge is -2.18. The molecule has 0 spiro atoms. The molecule has 1 saturated heterocycles. The number of hydrogen-bond acceptors (Lipinski definition) is 7. The van der Waals surface area contributed by atoms with Gasteiger partial charge >= 0.3 is 12.3 Å². The number of nitriles is 1. The molecule has 9 nitrogen and oxygen atoms in total. The number of sulfone groups is 1. The number of hydrogen-bond donors (Lipinski definition) is 2. The molecule has 1 aromatic heterocycles. The van der Waals surface area contributed by atoms with Gasteiger partial charge in [0.1, 0.15) is 5.54 Å². The molecule has 180 valence electrons. The van der Waals surface area contributed by atoms with E-state index >= 15 is 0 Å². The summed E-state index contributed by atoms with van der Waals surface area (Å²) in [4.78, 5) is 23.0. The van der Waals surface area contributed by atoms with Crippen molar-refractivity contribution in [3.05, 3.63) is 58.5 Å². The van der Waals surface area contributed by atoms with Crippen LogP contribution in [0.1, 0.15) is 24.8 Å². The minimum atomic E-state index is -5.01. The van der Waals surface area contributed by atoms with E-state index in [1.165, 1.54) is 24.4 Å². The van der Waals surface area contributed by atoms with Crippen LogP contribution >= 0.6 is 0 Å². The number of nitrogens with one attached hydrogen (secondary N) is 2. The van der Waals surface area contributed by atoms with Crippen molar-refractivity contribution in [2.45, 2.75) is 47.4 Å². The van der Waals surface area contributed by atoms with Crippen LogP contribution in [0.4, 0.5) is 18.0 Å². The number of pyridine rings is 1. The van der Waals surface area contributed by atoms with Gasteiger partial charge in [-0.3, -0.25) is 14.7 Å². The van der Waals surface area contributed by atoms with Crippen molar-refractivity contribution in [2.75, 3.05) is 6.54 Å². The summed E-state index contributed by atoms with van der Waals surface area (Å²) in [6, 6.07) is 8.58. The molecule has 2 atom stereocenters. The highest BCUT2D eigenvalue weighted by Crippen LogP contribution is 2.38. The van der Waals surface area contributed by atoms with Gasteiger partial charge in [-0.2, -0.15) is 18.4 Å². The molecule has 0 unspecified atom stereocenters. The maximum atomic E-state index is 13.8. The minimum Gasteiger partial charge on any atom is -0.430 e. The van der Waals surface area contributed by atoms with E-state index in [9.17, 15) is 31.2 Å². The summed E-state index contributed by atoms with van der Waals surface area (Å²) in [6.07, 6.45) is -5.02. The molecule has 0 bridgehead atoms. The molecule has 2 aliphatic rings. The van der Waals surface area contributed by atoms with Gasteiger partial charge in [-0.1, -0.05) is 6.07 Å². The SMILES string of the molecule is N#CC1(NC(=O)O[C@H]2C[C@@H](S(=O)(=O)c3ccc(-n4ccccc4=O)cc3C(F)(F)F)CN2)CC1. The average Bonchev–Trinajstić information content (AvgIpc) is 3.38. The number of alkyl carbamates (subject to hydrolysis) is 1. The van der Waals surface area contributed by atoms with Crippen molar-refractivity contribution in [2.24, 2.45) is 0 Å². The molecule has 2 aromatic rings. The second-order valence-electron chi connectivity index (χ2n) is 8.11. The highest BCUT2D eigenvalue weighted by atomic mass is 32.2. The van der Waals surface area contributed by atoms with E-state index in [0.29, 0.717) is 18.9 Å². The number of carbonyl (C=O) groups is 1. The van der Waals surface area contributed by atoms with Crippen molar-refractivity contribution < 1.29 is 31.1 Å². The largest absolute Gasteiger partial charge is 0.430 e. The van der Waals surface area contributed by atoms with E-state index in [-0.39, 0.29) is 18.7 Å². The van der Waals surface area contributed by atoms with Crippen LogP contribution in [0, 0.1) is 11.3 Å². The first-order valence-electron chi connectivity index (χ1n) is 10.2. The third-order valence-electron chi connectivity index (χ3n) is 5.72. The number of benzene rings is 1. The number of aromatic nitrogens is 1. The lowest BCUT2D eigenvalue weighted by atomic mass is 10.2. The zero-order valence-electron chi connectivity index (χ0n) is 17.5. The van der Waals surface area contributed by atoms with Crippen molar-refractivity contribution in [3.8, 4) is 11.8 Å². The molecule has 2 heterocycles. The first kappa shape index (κ1) is 23.8. The summed E-state index contributed by atoms with van der Waals surface area (Å²) in [5.41, 5.74) is -3.09. The standard InChI is InChI=1S/C21H19F3N4O5S/c22-21(23,24)15-9-13(28-8-2-1-3-18(28)29)4-5-16(15)34(31,32)14-10-17(26-11-14)33-19(30)27-20(12-25)6-7-20/h1-5,8-9,14,17,26H,6-7,10-11H2,(H,27,30)/t14-,17+/m1/s1. The highest BCUT2D eigenvalue weighted by molar-refractivity contribution is 7.92. The number of ether oxygens (including phenoxy) is 1. The first-order valence-corrected chi connectivity index (χ1v) is 11.8. The maximum Gasteiger partial charge on any atom is 0.417 e. The number of nitrogens with zero attached hydrogens (tertiary/aromatic N) is 2. The van der Waals surface area contributed by atoms with Gasteiger partial charge in [0.25, 0.3) is 5.56 Å². The summed E-state index contributed by atoms with van der Waals surface area (Å²) in [6.45, 7) is -0.235. The lowest BCUT2D eigenvalue weighted by Crippen LogP contribution is -2.40. The Morgan fingerprint density at radius 3 is 2.62 bits per heavy atom. The highest BCUT2D eigenvalue weighted by Gasteiger charge is 2.46. The van der Waals surface area contributed by atoms with Crippen LogP contribution in [0.5, 0.6) is 0 Å². The topological polar surface area (TPSA) is 130 Å². The summed E-state index contributed by atoms with van der Waals surface area (Å²) in [7, 11) is -4.49. The number of carbonyl (C=O) groups excluding carboxylic acids is 1. The van der Waals surface area contributed by atoms with Crippen LogP contribution in [0.25, 0.3) is 5.69 Å². The van der Waals surface area contributed by atoms with Gasteiger partial charge in [0.05, 0.1) is 21.8 Å². The predicted octanol–water partition coefficient (Wildman–Crippen LogP) is 2.10. The van der Waals surface area contributed by atoms with E-state index < -0.39 is 55.1 Å². The van der Waals surface area contributed by atoms with Gasteiger partial charge in [-0.15, -0.1) is 0 Å². The molecule has 1 aliphatic carbocycles. The Hall–Kier alpha value is -3.37. The van der Waals surface area contributed by atoms with Gasteiger partial charge in [-0.25, -0.2) is 13.2 Å². The monoisotopic (exact) mass is 496 g/mol. The number of amides is 1. The van der Waals surface area contributed by atoms with E-state index in [0.717, 1.165) is 16.7 Å². The third kappa shape index (κ3) is 4.64. The van der Waals surface area contributed by atoms with Crippen molar-refractivity contribution >= 4 is 15.9 Å². The van der Waals surface area contributed by atoms with Crippen LogP contribution in [-0.4, -0.2) is 42.6 Å². The van der Waals surface area contributed by atoms with Gasteiger partial charge < -0.3 is 10.1 Å². The van der Waals surface area contributed by atoms with Crippen molar-refractivity contribution in [3.63, 3.8) is 0 Å². The lowest BCUT2D eigenvalue weighted by molar-refractivity contribution is -0.139. The Kier molecular flexibility index (Phi) is 5.91. The Morgan fingerprint density at radius 1 is 1.26 bits per heavy atom. The van der Waals surface area contributed by atoms with E-state index in [1.54, 1.807) is 0 Å². The van der Waals surface area contributed by atoms with Crippen LogP contribution < -0.4 is 16.2 Å². The second kappa shape index (κ2) is 8.44. The fourth-order valence-electron chi connectivity index (χ4n) is 3.70. The summed E-state index contributed by atoms with van der Waals surface area (Å²) in [5, 5.41) is 12.8. The van der Waals surface area contributed by atoms with Gasteiger partial charge in [0.2, 0.25) is 0 Å². The molecule has 1 saturated carbocycles. The number of alkyl halides is 3. The quantitative estimate of drug-likeness (QED) is 0.648. The summed E-state index contributed by atoms with van der Waals surface area (Å²) in [5.74, 6) is 0. The smallest absolute Gasteiger partial charge is 0.417 e. The molecule has 4 rings (SSSR count). The van der Waals surface area contributed by atoms with Crippen molar-refractivity contribution in [1.82, 2.24) is 15.2 Å². The predicted molar refractivity (Wildman–Crippen MR) is 112 cm³/mol. The number of rotatable bonds is 5. The fourth-order valence-corrected chi connectivity index (χ4v) is 5.54. The minimum absolute atomic E-state index is 0.134.